The molecule has 2 aromatic heterocycles. The van der Waals surface area contributed by atoms with Crippen LogP contribution in [-0.2, 0) is 0 Å². The number of rotatable bonds is 6. The van der Waals surface area contributed by atoms with Crippen molar-refractivity contribution < 1.29 is 14.6 Å². The topological polar surface area (TPSA) is 71.5 Å². The van der Waals surface area contributed by atoms with Crippen LogP contribution in [0.2, 0.25) is 0 Å². The third kappa shape index (κ3) is 3.05. The van der Waals surface area contributed by atoms with Crippen molar-refractivity contribution in [1.82, 2.24) is 4.98 Å². The number of nitrogens with one attached hydrogen (secondary N) is 1. The second-order valence-electron chi connectivity index (χ2n) is 5.86. The zero-order chi connectivity index (χ0) is 16.5. The fraction of sp³-hybridized carbons (Fsp3) is 0.222. The van der Waals surface area contributed by atoms with Gasteiger partial charge in [0.1, 0.15) is 9.71 Å². The molecule has 2 N–H and O–H groups in total. The number of aromatic carboxylic acids is 1. The molecular formula is C18H16N2O3S. The van der Waals surface area contributed by atoms with E-state index in [4.69, 9.17) is 4.74 Å². The van der Waals surface area contributed by atoms with Gasteiger partial charge in [0.15, 0.2) is 0 Å². The Hall–Kier alpha value is -2.60. The summed E-state index contributed by atoms with van der Waals surface area (Å²) in [6.07, 6.45) is 2.44. The minimum absolute atomic E-state index is 0.251. The summed E-state index contributed by atoms with van der Waals surface area (Å²) in [5.41, 5.74) is 1.42. The number of nitrogens with zero attached hydrogens (tertiary/aromatic N) is 1. The molecule has 0 saturated heterocycles. The normalized spacial score (nSPS) is 13.8. The Kier molecular flexibility index (Phi) is 3.82. The quantitative estimate of drug-likeness (QED) is 0.690. The number of aromatic nitrogens is 1. The van der Waals surface area contributed by atoms with Crippen LogP contribution in [0.15, 0.2) is 42.5 Å². The number of pyridine rings is 1. The Bertz CT molecular complexity index is 888. The van der Waals surface area contributed by atoms with Crippen LogP contribution in [0.4, 0.5) is 11.4 Å². The van der Waals surface area contributed by atoms with E-state index in [1.807, 2.05) is 36.4 Å². The van der Waals surface area contributed by atoms with Crippen LogP contribution in [0.25, 0.3) is 10.2 Å². The molecule has 0 amide bonds. The molecule has 0 atom stereocenters. The summed E-state index contributed by atoms with van der Waals surface area (Å²) in [7, 11) is 0. The fourth-order valence-electron chi connectivity index (χ4n) is 2.47. The van der Waals surface area contributed by atoms with E-state index in [0.717, 1.165) is 22.4 Å². The molecule has 0 aliphatic heterocycles. The standard InChI is InChI=1S/C18H16N2O3S/c21-18(22)16-15(19-12-4-2-1-3-5-12)13-8-9-14(20-17(13)24-16)23-10-11-6-7-11/h1-5,8-9,11,19H,6-7,10H2,(H,21,22). The molecule has 4 rings (SSSR count). The zero-order valence-corrected chi connectivity index (χ0v) is 13.7. The lowest BCUT2D eigenvalue weighted by atomic mass is 10.2. The van der Waals surface area contributed by atoms with E-state index in [1.165, 1.54) is 12.8 Å². The number of ether oxygens (including phenoxy) is 1. The van der Waals surface area contributed by atoms with Crippen LogP contribution in [-0.4, -0.2) is 22.7 Å². The number of benzene rings is 1. The maximum atomic E-state index is 11.6. The van der Waals surface area contributed by atoms with Gasteiger partial charge >= 0.3 is 5.97 Å². The van der Waals surface area contributed by atoms with E-state index in [0.29, 0.717) is 28.9 Å². The number of fused-ring (bicyclic) bond motifs is 1. The van der Waals surface area contributed by atoms with Gasteiger partial charge in [-0.25, -0.2) is 9.78 Å². The van der Waals surface area contributed by atoms with Crippen LogP contribution in [0.5, 0.6) is 5.88 Å². The summed E-state index contributed by atoms with van der Waals surface area (Å²) >= 11 is 1.16. The van der Waals surface area contributed by atoms with Gasteiger partial charge < -0.3 is 15.2 Å². The van der Waals surface area contributed by atoms with Crippen molar-refractivity contribution in [2.75, 3.05) is 11.9 Å². The van der Waals surface area contributed by atoms with E-state index in [-0.39, 0.29) is 4.88 Å². The number of carboxylic acid groups (broad SMARTS) is 1. The molecule has 5 nitrogen and oxygen atoms in total. The first-order valence-electron chi connectivity index (χ1n) is 7.82. The molecule has 0 bridgehead atoms. The van der Waals surface area contributed by atoms with Gasteiger partial charge in [-0.15, -0.1) is 11.3 Å². The molecule has 0 spiro atoms. The van der Waals surface area contributed by atoms with Gasteiger partial charge in [0.25, 0.3) is 0 Å². The Morgan fingerprint density at radius 2 is 2.04 bits per heavy atom. The van der Waals surface area contributed by atoms with E-state index in [2.05, 4.69) is 10.3 Å². The Morgan fingerprint density at radius 3 is 2.75 bits per heavy atom. The molecule has 0 radical (unpaired) electrons. The van der Waals surface area contributed by atoms with Gasteiger partial charge in [0, 0.05) is 17.1 Å². The number of hydrogen-bond donors (Lipinski definition) is 2. The molecule has 1 aliphatic carbocycles. The lowest BCUT2D eigenvalue weighted by Gasteiger charge is -2.07. The molecule has 122 valence electrons. The first-order valence-corrected chi connectivity index (χ1v) is 8.64. The third-order valence-corrected chi connectivity index (χ3v) is 5.02. The van der Waals surface area contributed by atoms with Gasteiger partial charge in [-0.2, -0.15) is 0 Å². The first kappa shape index (κ1) is 15.0. The maximum absolute atomic E-state index is 11.6. The highest BCUT2D eigenvalue weighted by Gasteiger charge is 2.23. The Labute approximate surface area is 142 Å². The van der Waals surface area contributed by atoms with Crippen molar-refractivity contribution in [1.29, 1.82) is 0 Å². The lowest BCUT2D eigenvalue weighted by molar-refractivity contribution is 0.0703. The van der Waals surface area contributed by atoms with Gasteiger partial charge in [-0.3, -0.25) is 0 Å². The van der Waals surface area contributed by atoms with Crippen LogP contribution in [0.1, 0.15) is 22.5 Å². The molecule has 2 heterocycles. The smallest absolute Gasteiger partial charge is 0.348 e. The van der Waals surface area contributed by atoms with E-state index in [1.54, 1.807) is 6.07 Å². The summed E-state index contributed by atoms with van der Waals surface area (Å²) in [6, 6.07) is 13.2. The number of hydrogen-bond acceptors (Lipinski definition) is 5. The molecule has 1 fully saturated rings. The van der Waals surface area contributed by atoms with Crippen LogP contribution < -0.4 is 10.1 Å². The van der Waals surface area contributed by atoms with Crippen molar-refractivity contribution in [3.05, 3.63) is 47.3 Å². The van der Waals surface area contributed by atoms with Crippen LogP contribution >= 0.6 is 11.3 Å². The van der Waals surface area contributed by atoms with Crippen LogP contribution in [0, 0.1) is 5.92 Å². The second kappa shape index (κ2) is 6.13. The van der Waals surface area contributed by atoms with Crippen molar-refractivity contribution in [3.8, 4) is 5.88 Å². The Balaban J connectivity index is 1.70. The van der Waals surface area contributed by atoms with Crippen molar-refractivity contribution >= 4 is 38.9 Å². The Morgan fingerprint density at radius 1 is 1.25 bits per heavy atom. The van der Waals surface area contributed by atoms with Crippen LogP contribution in [0.3, 0.4) is 0 Å². The number of anilines is 2. The fourth-order valence-corrected chi connectivity index (χ4v) is 3.43. The molecule has 24 heavy (non-hydrogen) atoms. The number of carbonyl (C=O) groups is 1. The number of thiophene rings is 1. The summed E-state index contributed by atoms with van der Waals surface area (Å²) < 4.78 is 5.69. The van der Waals surface area contributed by atoms with E-state index in [9.17, 15) is 9.90 Å². The molecule has 3 aromatic rings. The van der Waals surface area contributed by atoms with Gasteiger partial charge in [0.05, 0.1) is 12.3 Å². The average Bonchev–Trinajstić information content (AvgIpc) is 3.35. The van der Waals surface area contributed by atoms with Gasteiger partial charge in [-0.05, 0) is 37.0 Å². The summed E-state index contributed by atoms with van der Waals surface area (Å²) in [6.45, 7) is 0.685. The third-order valence-electron chi connectivity index (χ3n) is 3.93. The minimum atomic E-state index is -0.961. The minimum Gasteiger partial charge on any atom is -0.477 e. The molecule has 1 aromatic carbocycles. The highest BCUT2D eigenvalue weighted by atomic mass is 32.1. The largest absolute Gasteiger partial charge is 0.477 e. The highest BCUT2D eigenvalue weighted by Crippen LogP contribution is 2.38. The summed E-state index contributed by atoms with van der Waals surface area (Å²) in [4.78, 5) is 17.0. The molecule has 0 unspecified atom stereocenters. The average molecular weight is 340 g/mol. The monoisotopic (exact) mass is 340 g/mol. The molecule has 6 heteroatoms. The first-order chi connectivity index (χ1) is 11.7. The molecule has 1 aliphatic rings. The molecule has 1 saturated carbocycles. The predicted molar refractivity (Wildman–Crippen MR) is 94.5 cm³/mol. The number of carboxylic acids is 1. The van der Waals surface area contributed by atoms with Gasteiger partial charge in [0.2, 0.25) is 5.88 Å². The van der Waals surface area contributed by atoms with Crippen molar-refractivity contribution in [2.45, 2.75) is 12.8 Å². The van der Waals surface area contributed by atoms with Crippen molar-refractivity contribution in [3.63, 3.8) is 0 Å². The highest BCUT2D eigenvalue weighted by molar-refractivity contribution is 7.21. The SMILES string of the molecule is O=C(O)c1sc2nc(OCC3CC3)ccc2c1Nc1ccccc1. The lowest BCUT2D eigenvalue weighted by Crippen LogP contribution is -2.00. The summed E-state index contributed by atoms with van der Waals surface area (Å²) in [5, 5.41) is 13.5. The molecular weight excluding hydrogens is 324 g/mol. The van der Waals surface area contributed by atoms with E-state index < -0.39 is 5.97 Å². The zero-order valence-electron chi connectivity index (χ0n) is 12.9. The second-order valence-corrected chi connectivity index (χ2v) is 6.86. The predicted octanol–water partition coefficient (Wildman–Crippen LogP) is 4.53. The summed E-state index contributed by atoms with van der Waals surface area (Å²) in [5.74, 6) is 0.242. The van der Waals surface area contributed by atoms with Crippen molar-refractivity contribution in [2.24, 2.45) is 5.92 Å². The maximum Gasteiger partial charge on any atom is 0.348 e. The van der Waals surface area contributed by atoms with E-state index >= 15 is 0 Å². The number of para-hydroxylation sites is 1. The van der Waals surface area contributed by atoms with Gasteiger partial charge in [-0.1, -0.05) is 18.2 Å².